The van der Waals surface area contributed by atoms with E-state index in [4.69, 9.17) is 25.5 Å². The number of sulfonamides is 1. The Balaban J connectivity index is 1.66. The van der Waals surface area contributed by atoms with Gasteiger partial charge >= 0.3 is 0 Å². The number of rotatable bonds is 10. The molecule has 0 aliphatic carbocycles. The highest BCUT2D eigenvalue weighted by atomic mass is 35.5. The number of halogens is 1. The summed E-state index contributed by atoms with van der Waals surface area (Å²) in [5.74, 6) is 0.735. The summed E-state index contributed by atoms with van der Waals surface area (Å²) in [6.45, 7) is 3.97. The lowest BCUT2D eigenvalue weighted by Gasteiger charge is -2.41. The second-order valence-corrected chi connectivity index (χ2v) is 13.4. The van der Waals surface area contributed by atoms with Crippen molar-refractivity contribution >= 4 is 33.2 Å². The molecule has 2 atom stereocenters. The smallest absolute Gasteiger partial charge is 0.271 e. The molecular weight excluding hydrogens is 616 g/mol. The fraction of sp³-hybridized carbons (Fsp3) is 0.333. The van der Waals surface area contributed by atoms with Crippen molar-refractivity contribution in [3.63, 3.8) is 0 Å². The van der Waals surface area contributed by atoms with E-state index in [-0.39, 0.29) is 10.6 Å². The lowest BCUT2D eigenvalue weighted by molar-refractivity contribution is -0.127. The standard InChI is InChI=1S/C33H35ClN4O6S/c1-5-36(2)21-22-8-15-30(43-4)27(19-22)33(37-17-6-7-28(37)31-35-16-18-44-31)26-14-9-23(34)20-29(26)38(32(33)39)45(40,41)25-12-10-24(42-3)11-13-25/h8-16,18-20,28H,5-7,17,21H2,1-4H3/t28-,33?/m0/s1. The van der Waals surface area contributed by atoms with Gasteiger partial charge < -0.3 is 18.8 Å². The first kappa shape index (κ1) is 31.1. The Morgan fingerprint density at radius 3 is 2.51 bits per heavy atom. The van der Waals surface area contributed by atoms with Crippen molar-refractivity contribution in [1.29, 1.82) is 0 Å². The van der Waals surface area contributed by atoms with Crippen LogP contribution in [0, 0.1) is 0 Å². The van der Waals surface area contributed by atoms with E-state index in [0.717, 1.165) is 22.8 Å². The van der Waals surface area contributed by atoms with E-state index in [0.29, 0.717) is 53.0 Å². The van der Waals surface area contributed by atoms with Gasteiger partial charge in [-0.15, -0.1) is 0 Å². The summed E-state index contributed by atoms with van der Waals surface area (Å²) in [4.78, 5) is 24.0. The molecule has 3 aromatic carbocycles. The van der Waals surface area contributed by atoms with Crippen LogP contribution >= 0.6 is 11.6 Å². The quantitative estimate of drug-likeness (QED) is 0.216. The summed E-state index contributed by atoms with van der Waals surface area (Å²) in [6, 6.07) is 16.3. The van der Waals surface area contributed by atoms with Crippen LogP contribution < -0.4 is 13.8 Å². The highest BCUT2D eigenvalue weighted by molar-refractivity contribution is 7.93. The van der Waals surface area contributed by atoms with Gasteiger partial charge in [-0.3, -0.25) is 9.69 Å². The summed E-state index contributed by atoms with van der Waals surface area (Å²) in [6.07, 6.45) is 4.47. The Morgan fingerprint density at radius 1 is 1.07 bits per heavy atom. The molecule has 0 bridgehead atoms. The lowest BCUT2D eigenvalue weighted by Crippen LogP contribution is -2.54. The van der Waals surface area contributed by atoms with Crippen LogP contribution in [0.1, 0.15) is 48.4 Å². The number of oxazole rings is 1. The number of aromatic nitrogens is 1. The molecule has 0 radical (unpaired) electrons. The summed E-state index contributed by atoms with van der Waals surface area (Å²) < 4.78 is 46.9. The number of anilines is 1. The van der Waals surface area contributed by atoms with Crippen LogP contribution in [-0.2, 0) is 26.9 Å². The first-order valence-electron chi connectivity index (χ1n) is 14.7. The van der Waals surface area contributed by atoms with Gasteiger partial charge in [-0.1, -0.05) is 30.7 Å². The largest absolute Gasteiger partial charge is 0.497 e. The molecule has 4 aromatic rings. The van der Waals surface area contributed by atoms with Crippen LogP contribution in [0.5, 0.6) is 11.5 Å². The second-order valence-electron chi connectivity index (χ2n) is 11.2. The summed E-state index contributed by atoms with van der Waals surface area (Å²) in [7, 11) is 0.643. The molecule has 0 spiro atoms. The van der Waals surface area contributed by atoms with Crippen LogP contribution in [0.4, 0.5) is 5.69 Å². The third-order valence-corrected chi connectivity index (χ3v) is 10.7. The van der Waals surface area contributed by atoms with Crippen molar-refractivity contribution in [3.05, 3.63) is 101 Å². The maximum atomic E-state index is 15.4. The van der Waals surface area contributed by atoms with Gasteiger partial charge in [-0.2, -0.15) is 0 Å². The maximum absolute atomic E-state index is 15.4. The molecule has 0 saturated carbocycles. The van der Waals surface area contributed by atoms with Crippen molar-refractivity contribution in [2.24, 2.45) is 0 Å². The molecule has 1 fully saturated rings. The molecule has 1 amide bonds. The second kappa shape index (κ2) is 12.1. The molecule has 6 rings (SSSR count). The number of benzene rings is 3. The topological polar surface area (TPSA) is 105 Å². The van der Waals surface area contributed by atoms with E-state index in [1.807, 2.05) is 30.1 Å². The van der Waals surface area contributed by atoms with Crippen molar-refractivity contribution in [2.75, 3.05) is 38.7 Å². The van der Waals surface area contributed by atoms with Gasteiger partial charge in [0.25, 0.3) is 15.9 Å². The first-order chi connectivity index (χ1) is 21.7. The van der Waals surface area contributed by atoms with Gasteiger partial charge in [0.2, 0.25) is 5.89 Å². The summed E-state index contributed by atoms with van der Waals surface area (Å²) in [5.41, 5.74) is 0.514. The molecule has 0 N–H and O–H groups in total. The molecule has 45 heavy (non-hydrogen) atoms. The van der Waals surface area contributed by atoms with Gasteiger partial charge in [0, 0.05) is 29.2 Å². The number of carbonyl (C=O) groups is 1. The van der Waals surface area contributed by atoms with Gasteiger partial charge in [0.1, 0.15) is 17.8 Å². The number of hydrogen-bond acceptors (Lipinski definition) is 9. The van der Waals surface area contributed by atoms with E-state index < -0.39 is 27.5 Å². The number of carbonyl (C=O) groups excluding carboxylic acids is 1. The third kappa shape index (κ3) is 5.07. The van der Waals surface area contributed by atoms with Gasteiger partial charge in [0.15, 0.2) is 5.54 Å². The van der Waals surface area contributed by atoms with Crippen molar-refractivity contribution in [1.82, 2.24) is 14.8 Å². The zero-order chi connectivity index (χ0) is 31.9. The lowest BCUT2D eigenvalue weighted by atomic mass is 9.80. The number of amides is 1. The number of methoxy groups -OCH3 is 2. The minimum atomic E-state index is -4.42. The molecule has 2 aliphatic heterocycles. The predicted octanol–water partition coefficient (Wildman–Crippen LogP) is 5.61. The van der Waals surface area contributed by atoms with Crippen LogP contribution in [0.3, 0.4) is 0 Å². The number of ether oxygens (including phenoxy) is 2. The molecule has 12 heteroatoms. The normalized spacial score (nSPS) is 20.2. The van der Waals surface area contributed by atoms with Gasteiger partial charge in [-0.25, -0.2) is 17.7 Å². The molecule has 1 saturated heterocycles. The Hall–Kier alpha value is -3.90. The minimum Gasteiger partial charge on any atom is -0.497 e. The maximum Gasteiger partial charge on any atom is 0.271 e. The Bertz CT molecular complexity index is 1820. The number of nitrogens with zero attached hydrogens (tertiary/aromatic N) is 4. The highest BCUT2D eigenvalue weighted by Gasteiger charge is 2.62. The zero-order valence-electron chi connectivity index (χ0n) is 25.6. The zero-order valence-corrected chi connectivity index (χ0v) is 27.1. The van der Waals surface area contributed by atoms with E-state index in [2.05, 4.69) is 16.8 Å². The van der Waals surface area contributed by atoms with E-state index in [1.54, 1.807) is 37.6 Å². The van der Waals surface area contributed by atoms with Crippen LogP contribution in [0.15, 0.2) is 82.4 Å². The summed E-state index contributed by atoms with van der Waals surface area (Å²) in [5, 5.41) is 0.295. The average molecular weight is 651 g/mol. The van der Waals surface area contributed by atoms with Gasteiger partial charge in [-0.05, 0) is 80.5 Å². The fourth-order valence-electron chi connectivity index (χ4n) is 6.52. The molecular formula is C33H35ClN4O6S. The van der Waals surface area contributed by atoms with E-state index in [1.165, 1.54) is 31.6 Å². The van der Waals surface area contributed by atoms with Crippen molar-refractivity contribution < 1.29 is 27.1 Å². The SMILES string of the molecule is CCN(C)Cc1ccc(OC)c(C2(N3CCC[C@H]3c3ncco3)C(=O)N(S(=O)(=O)c3ccc(OC)cc3)c3cc(Cl)ccc32)c1. The molecule has 10 nitrogen and oxygen atoms in total. The number of likely N-dealkylation sites (tertiary alicyclic amines) is 1. The minimum absolute atomic E-state index is 0.0608. The van der Waals surface area contributed by atoms with Crippen LogP contribution in [0.25, 0.3) is 0 Å². The monoisotopic (exact) mass is 650 g/mol. The van der Waals surface area contributed by atoms with Gasteiger partial charge in [0.05, 0.1) is 37.0 Å². The average Bonchev–Trinajstić information content (AvgIpc) is 3.79. The molecule has 236 valence electrons. The predicted molar refractivity (Wildman–Crippen MR) is 170 cm³/mol. The molecule has 1 aromatic heterocycles. The van der Waals surface area contributed by atoms with Crippen LogP contribution in [0.2, 0.25) is 5.02 Å². The fourth-order valence-corrected chi connectivity index (χ4v) is 8.14. The van der Waals surface area contributed by atoms with Crippen LogP contribution in [-0.4, -0.2) is 63.5 Å². The Kier molecular flexibility index (Phi) is 8.38. The Labute approximate surface area is 268 Å². The van der Waals surface area contributed by atoms with E-state index in [9.17, 15) is 8.42 Å². The Morgan fingerprint density at radius 2 is 1.84 bits per heavy atom. The number of hydrogen-bond donors (Lipinski definition) is 0. The van der Waals surface area contributed by atoms with E-state index >= 15 is 4.79 Å². The molecule has 3 heterocycles. The van der Waals surface area contributed by atoms with Crippen molar-refractivity contribution in [3.8, 4) is 11.5 Å². The third-order valence-electron chi connectivity index (χ3n) is 8.73. The molecule has 1 unspecified atom stereocenters. The van der Waals surface area contributed by atoms with Crippen molar-refractivity contribution in [2.45, 2.75) is 42.8 Å². The summed E-state index contributed by atoms with van der Waals surface area (Å²) >= 11 is 6.52. The number of fused-ring (bicyclic) bond motifs is 1. The highest BCUT2D eigenvalue weighted by Crippen LogP contribution is 2.56. The first-order valence-corrected chi connectivity index (χ1v) is 16.5. The molecule has 2 aliphatic rings.